The lowest BCUT2D eigenvalue weighted by Crippen LogP contribution is -2.08. The molecule has 0 aromatic heterocycles. The molecule has 1 aliphatic rings. The molecule has 1 heterocycles. The quantitative estimate of drug-likeness (QED) is 0.345. The van der Waals surface area contributed by atoms with E-state index in [1.54, 1.807) is 0 Å². The van der Waals surface area contributed by atoms with Crippen molar-refractivity contribution < 1.29 is 14.3 Å². The number of carbonyl (C=O) groups excluding carboxylic acids is 1. The van der Waals surface area contributed by atoms with E-state index in [0.717, 1.165) is 12.5 Å². The third-order valence-corrected chi connectivity index (χ3v) is 1.65. The van der Waals surface area contributed by atoms with Gasteiger partial charge in [-0.15, -0.1) is 0 Å². The topological polar surface area (TPSA) is 38.8 Å². The van der Waals surface area contributed by atoms with E-state index in [1.807, 2.05) is 6.92 Å². The lowest BCUT2D eigenvalue weighted by atomic mass is 10.3. The van der Waals surface area contributed by atoms with Crippen molar-refractivity contribution in [3.8, 4) is 0 Å². The summed E-state index contributed by atoms with van der Waals surface area (Å²) in [5.74, 6) is -0.379. The maximum atomic E-state index is 10.5. The summed E-state index contributed by atoms with van der Waals surface area (Å²) >= 11 is 0. The smallest absolute Gasteiger partial charge is 0.330 e. The summed E-state index contributed by atoms with van der Waals surface area (Å²) in [7, 11) is 0. The number of hydrogen-bond acceptors (Lipinski definition) is 3. The zero-order valence-corrected chi connectivity index (χ0v) is 6.58. The van der Waals surface area contributed by atoms with Crippen LogP contribution in [0.15, 0.2) is 12.7 Å². The van der Waals surface area contributed by atoms with Gasteiger partial charge >= 0.3 is 5.97 Å². The number of hydrogen-bond donors (Lipinski definition) is 0. The SMILES string of the molecule is C=CC(=O)OCC1OC1CC. The van der Waals surface area contributed by atoms with Crippen molar-refractivity contribution in [2.24, 2.45) is 0 Å². The highest BCUT2D eigenvalue weighted by Gasteiger charge is 2.37. The second-order valence-electron chi connectivity index (χ2n) is 2.46. The molecule has 0 radical (unpaired) electrons. The minimum atomic E-state index is -0.379. The van der Waals surface area contributed by atoms with E-state index >= 15 is 0 Å². The van der Waals surface area contributed by atoms with Crippen molar-refractivity contribution in [1.82, 2.24) is 0 Å². The van der Waals surface area contributed by atoms with Crippen molar-refractivity contribution >= 4 is 5.97 Å². The highest BCUT2D eigenvalue weighted by atomic mass is 16.6. The van der Waals surface area contributed by atoms with Crippen LogP contribution in [-0.4, -0.2) is 24.8 Å². The molecule has 1 rings (SSSR count). The van der Waals surface area contributed by atoms with E-state index in [4.69, 9.17) is 9.47 Å². The zero-order chi connectivity index (χ0) is 8.27. The lowest BCUT2D eigenvalue weighted by molar-refractivity contribution is -0.138. The van der Waals surface area contributed by atoms with Crippen LogP contribution in [0, 0.1) is 0 Å². The molecule has 2 atom stereocenters. The Bertz CT molecular complexity index is 165. The van der Waals surface area contributed by atoms with E-state index in [2.05, 4.69) is 6.58 Å². The molecule has 1 saturated heterocycles. The number of epoxide rings is 1. The monoisotopic (exact) mass is 156 g/mol. The highest BCUT2D eigenvalue weighted by Crippen LogP contribution is 2.24. The van der Waals surface area contributed by atoms with Crippen LogP contribution in [0.1, 0.15) is 13.3 Å². The number of esters is 1. The van der Waals surface area contributed by atoms with Gasteiger partial charge in [-0.05, 0) is 6.42 Å². The first-order valence-electron chi connectivity index (χ1n) is 3.72. The molecule has 1 fully saturated rings. The summed E-state index contributed by atoms with van der Waals surface area (Å²) in [5, 5.41) is 0. The van der Waals surface area contributed by atoms with Crippen LogP contribution in [0.5, 0.6) is 0 Å². The van der Waals surface area contributed by atoms with Gasteiger partial charge in [-0.2, -0.15) is 0 Å². The molecule has 3 nitrogen and oxygen atoms in total. The minimum absolute atomic E-state index is 0.129. The standard InChI is InChI=1S/C8H12O3/c1-3-6-7(11-6)5-10-8(9)4-2/h4,6-7H,2-3,5H2,1H3. The Hall–Kier alpha value is -0.830. The maximum absolute atomic E-state index is 10.5. The fourth-order valence-corrected chi connectivity index (χ4v) is 0.908. The third kappa shape index (κ3) is 2.35. The van der Waals surface area contributed by atoms with Crippen LogP contribution in [-0.2, 0) is 14.3 Å². The summed E-state index contributed by atoms with van der Waals surface area (Å²) in [6.45, 7) is 5.69. The molecule has 0 bridgehead atoms. The normalized spacial score (nSPS) is 27.7. The van der Waals surface area contributed by atoms with Crippen LogP contribution >= 0.6 is 0 Å². The zero-order valence-electron chi connectivity index (χ0n) is 6.58. The van der Waals surface area contributed by atoms with Crippen LogP contribution in [0.3, 0.4) is 0 Å². The largest absolute Gasteiger partial charge is 0.460 e. The second-order valence-corrected chi connectivity index (χ2v) is 2.46. The average molecular weight is 156 g/mol. The Labute approximate surface area is 66.0 Å². The molecule has 0 amide bonds. The number of ether oxygens (including phenoxy) is 2. The first-order chi connectivity index (χ1) is 5.27. The van der Waals surface area contributed by atoms with Gasteiger partial charge < -0.3 is 9.47 Å². The van der Waals surface area contributed by atoms with Crippen molar-refractivity contribution in [2.75, 3.05) is 6.61 Å². The molecule has 11 heavy (non-hydrogen) atoms. The Kier molecular flexibility index (Phi) is 2.65. The molecule has 0 aromatic rings. The Balaban J connectivity index is 2.06. The molecular weight excluding hydrogens is 144 g/mol. The maximum Gasteiger partial charge on any atom is 0.330 e. The van der Waals surface area contributed by atoms with Gasteiger partial charge in [-0.25, -0.2) is 4.79 Å². The summed E-state index contributed by atoms with van der Waals surface area (Å²) < 4.78 is 9.91. The van der Waals surface area contributed by atoms with Gasteiger partial charge in [0.1, 0.15) is 12.7 Å². The Morgan fingerprint density at radius 1 is 1.73 bits per heavy atom. The van der Waals surface area contributed by atoms with E-state index < -0.39 is 0 Å². The van der Waals surface area contributed by atoms with Gasteiger partial charge in [-0.1, -0.05) is 13.5 Å². The number of carbonyl (C=O) groups is 1. The van der Waals surface area contributed by atoms with Gasteiger partial charge in [0.2, 0.25) is 0 Å². The summed E-state index contributed by atoms with van der Waals surface area (Å²) in [6.07, 6.45) is 2.57. The Morgan fingerprint density at radius 2 is 2.45 bits per heavy atom. The van der Waals surface area contributed by atoms with E-state index in [0.29, 0.717) is 12.7 Å². The summed E-state index contributed by atoms with van der Waals surface area (Å²) in [4.78, 5) is 10.5. The fourth-order valence-electron chi connectivity index (χ4n) is 0.908. The average Bonchev–Trinajstić information content (AvgIpc) is 2.78. The van der Waals surface area contributed by atoms with Crippen molar-refractivity contribution in [3.05, 3.63) is 12.7 Å². The predicted molar refractivity (Wildman–Crippen MR) is 40.1 cm³/mol. The Morgan fingerprint density at radius 3 is 2.91 bits per heavy atom. The first kappa shape index (κ1) is 8.27. The van der Waals surface area contributed by atoms with E-state index in [9.17, 15) is 4.79 Å². The molecule has 0 aliphatic carbocycles. The highest BCUT2D eigenvalue weighted by molar-refractivity contribution is 5.81. The summed E-state index contributed by atoms with van der Waals surface area (Å²) in [6, 6.07) is 0. The van der Waals surface area contributed by atoms with Crippen molar-refractivity contribution in [2.45, 2.75) is 25.6 Å². The molecule has 0 N–H and O–H groups in total. The van der Waals surface area contributed by atoms with Gasteiger partial charge in [0.05, 0.1) is 6.10 Å². The molecule has 0 aromatic carbocycles. The molecule has 62 valence electrons. The van der Waals surface area contributed by atoms with Crippen molar-refractivity contribution in [3.63, 3.8) is 0 Å². The predicted octanol–water partition coefficient (Wildman–Crippen LogP) is 0.893. The van der Waals surface area contributed by atoms with Crippen molar-refractivity contribution in [1.29, 1.82) is 0 Å². The van der Waals surface area contributed by atoms with Crippen LogP contribution in [0.2, 0.25) is 0 Å². The number of rotatable bonds is 4. The lowest BCUT2D eigenvalue weighted by Gasteiger charge is -1.95. The van der Waals surface area contributed by atoms with Gasteiger partial charge in [0, 0.05) is 6.08 Å². The molecule has 3 heteroatoms. The first-order valence-corrected chi connectivity index (χ1v) is 3.72. The molecule has 2 unspecified atom stereocenters. The fraction of sp³-hybridized carbons (Fsp3) is 0.625. The van der Waals surface area contributed by atoms with Gasteiger partial charge in [-0.3, -0.25) is 0 Å². The molecule has 1 aliphatic heterocycles. The molecule has 0 spiro atoms. The minimum Gasteiger partial charge on any atom is -0.460 e. The second kappa shape index (κ2) is 3.53. The van der Waals surface area contributed by atoms with E-state index in [-0.39, 0.29) is 12.1 Å². The van der Waals surface area contributed by atoms with Gasteiger partial charge in [0.25, 0.3) is 0 Å². The molecular formula is C8H12O3. The van der Waals surface area contributed by atoms with Crippen LogP contribution in [0.4, 0.5) is 0 Å². The van der Waals surface area contributed by atoms with Gasteiger partial charge in [0.15, 0.2) is 0 Å². The molecule has 0 saturated carbocycles. The van der Waals surface area contributed by atoms with E-state index in [1.165, 1.54) is 0 Å². The van der Waals surface area contributed by atoms with Crippen LogP contribution in [0.25, 0.3) is 0 Å². The third-order valence-electron chi connectivity index (χ3n) is 1.65. The van der Waals surface area contributed by atoms with Crippen LogP contribution < -0.4 is 0 Å². The summed E-state index contributed by atoms with van der Waals surface area (Å²) in [5.41, 5.74) is 0.